The highest BCUT2D eigenvalue weighted by Gasteiger charge is 2.34. The average molecular weight is 284 g/mol. The second-order valence-corrected chi connectivity index (χ2v) is 6.55. The van der Waals surface area contributed by atoms with Crippen molar-refractivity contribution in [3.05, 3.63) is 71.9 Å². The molecule has 0 radical (unpaired) electrons. The maximum Gasteiger partial charge on any atom is 0.0963 e. The van der Waals surface area contributed by atoms with Crippen LogP contribution in [-0.2, 0) is 5.41 Å². The minimum Gasteiger partial charge on any atom is -0.307 e. The molecule has 0 saturated heterocycles. The van der Waals surface area contributed by atoms with Gasteiger partial charge in [-0.2, -0.15) is 0 Å². The number of nitrogens with zero attached hydrogens (tertiary/aromatic N) is 2. The van der Waals surface area contributed by atoms with Gasteiger partial charge in [0.15, 0.2) is 0 Å². The molecule has 0 spiro atoms. The van der Waals surface area contributed by atoms with Gasteiger partial charge in [-0.15, -0.1) is 0 Å². The zero-order valence-electron chi connectivity index (χ0n) is 12.7. The van der Waals surface area contributed by atoms with Gasteiger partial charge < -0.3 is 4.57 Å². The second kappa shape index (κ2) is 3.77. The average Bonchev–Trinajstić information content (AvgIpc) is 2.88. The number of aromatic nitrogens is 2. The van der Waals surface area contributed by atoms with Crippen molar-refractivity contribution in [1.82, 2.24) is 9.55 Å². The molecule has 2 nitrogen and oxygen atoms in total. The van der Waals surface area contributed by atoms with Crippen LogP contribution in [0.1, 0.15) is 25.0 Å². The Hall–Kier alpha value is -2.61. The molecule has 106 valence electrons. The van der Waals surface area contributed by atoms with E-state index in [1.54, 1.807) is 0 Å². The molecule has 2 aromatic carbocycles. The van der Waals surface area contributed by atoms with Crippen molar-refractivity contribution in [2.75, 3.05) is 0 Å². The molecule has 0 unspecified atom stereocenters. The molecule has 0 bridgehead atoms. The molecule has 0 N–H and O–H groups in total. The third-order valence-electron chi connectivity index (χ3n) is 5.03. The summed E-state index contributed by atoms with van der Waals surface area (Å²) in [6.07, 6.45) is 1.88. The minimum absolute atomic E-state index is 0.000476. The Morgan fingerprint density at radius 2 is 1.68 bits per heavy atom. The summed E-state index contributed by atoms with van der Waals surface area (Å²) >= 11 is 0. The standard InChI is InChI=1S/C20H16N2/c1-20(2)14-8-3-4-10-16(14)22-17-11-6-12-21-18(17)13-7-5-9-15(20)19(13)22/h3-12H,1-2H3. The smallest absolute Gasteiger partial charge is 0.0963 e. The summed E-state index contributed by atoms with van der Waals surface area (Å²) in [6.45, 7) is 4.63. The lowest BCUT2D eigenvalue weighted by molar-refractivity contribution is 0.630. The normalized spacial score (nSPS) is 15.2. The molecular weight excluding hydrogens is 268 g/mol. The second-order valence-electron chi connectivity index (χ2n) is 6.55. The predicted octanol–water partition coefficient (Wildman–Crippen LogP) is 4.82. The van der Waals surface area contributed by atoms with Crippen LogP contribution >= 0.6 is 0 Å². The van der Waals surface area contributed by atoms with E-state index in [9.17, 15) is 0 Å². The van der Waals surface area contributed by atoms with Gasteiger partial charge in [0.25, 0.3) is 0 Å². The highest BCUT2D eigenvalue weighted by molar-refractivity contribution is 6.09. The summed E-state index contributed by atoms with van der Waals surface area (Å²) in [6, 6.07) is 19.5. The Morgan fingerprint density at radius 1 is 0.864 bits per heavy atom. The fourth-order valence-corrected chi connectivity index (χ4v) is 3.98. The van der Waals surface area contributed by atoms with Gasteiger partial charge in [0, 0.05) is 17.0 Å². The van der Waals surface area contributed by atoms with Crippen molar-refractivity contribution in [3.8, 4) is 5.69 Å². The van der Waals surface area contributed by atoms with Crippen LogP contribution in [0.4, 0.5) is 0 Å². The topological polar surface area (TPSA) is 17.8 Å². The summed E-state index contributed by atoms with van der Waals surface area (Å²) < 4.78 is 2.38. The van der Waals surface area contributed by atoms with Gasteiger partial charge in [-0.3, -0.25) is 4.98 Å². The largest absolute Gasteiger partial charge is 0.307 e. The van der Waals surface area contributed by atoms with Crippen molar-refractivity contribution >= 4 is 21.9 Å². The quantitative estimate of drug-likeness (QED) is 0.453. The van der Waals surface area contributed by atoms with E-state index in [-0.39, 0.29) is 5.41 Å². The van der Waals surface area contributed by atoms with Gasteiger partial charge in [0.1, 0.15) is 0 Å². The van der Waals surface area contributed by atoms with E-state index in [1.807, 2.05) is 12.3 Å². The van der Waals surface area contributed by atoms with Crippen molar-refractivity contribution in [2.45, 2.75) is 19.3 Å². The molecule has 3 heterocycles. The summed E-state index contributed by atoms with van der Waals surface area (Å²) in [4.78, 5) is 4.65. The van der Waals surface area contributed by atoms with E-state index < -0.39 is 0 Å². The van der Waals surface area contributed by atoms with Crippen molar-refractivity contribution in [1.29, 1.82) is 0 Å². The number of pyridine rings is 1. The predicted molar refractivity (Wildman–Crippen MR) is 90.7 cm³/mol. The van der Waals surface area contributed by atoms with Gasteiger partial charge in [-0.05, 0) is 29.3 Å². The van der Waals surface area contributed by atoms with Gasteiger partial charge in [0.05, 0.1) is 22.2 Å². The first-order chi connectivity index (χ1) is 10.7. The van der Waals surface area contributed by atoms with Crippen molar-refractivity contribution < 1.29 is 0 Å². The molecule has 0 atom stereocenters. The third-order valence-corrected chi connectivity index (χ3v) is 5.03. The van der Waals surface area contributed by atoms with Crippen molar-refractivity contribution in [3.63, 3.8) is 0 Å². The molecule has 2 aromatic heterocycles. The summed E-state index contributed by atoms with van der Waals surface area (Å²) in [5, 5.41) is 1.25. The van der Waals surface area contributed by atoms with E-state index in [0.717, 1.165) is 5.52 Å². The first-order valence-corrected chi connectivity index (χ1v) is 7.68. The van der Waals surface area contributed by atoms with Crippen LogP contribution in [0, 0.1) is 0 Å². The molecule has 5 rings (SSSR count). The molecule has 2 heteroatoms. The van der Waals surface area contributed by atoms with Gasteiger partial charge in [-0.25, -0.2) is 0 Å². The number of rotatable bonds is 0. The Bertz CT molecular complexity index is 1050. The first-order valence-electron chi connectivity index (χ1n) is 7.68. The molecule has 22 heavy (non-hydrogen) atoms. The monoisotopic (exact) mass is 284 g/mol. The van der Waals surface area contributed by atoms with Crippen LogP contribution < -0.4 is 0 Å². The molecule has 0 saturated carbocycles. The van der Waals surface area contributed by atoms with Crippen LogP contribution in [0.2, 0.25) is 0 Å². The van der Waals surface area contributed by atoms with Crippen molar-refractivity contribution in [2.24, 2.45) is 0 Å². The van der Waals surface area contributed by atoms with Gasteiger partial charge in [-0.1, -0.05) is 50.2 Å². The Balaban J connectivity index is 2.15. The number of hydrogen-bond donors (Lipinski definition) is 0. The van der Waals surface area contributed by atoms with Crippen LogP contribution in [0.15, 0.2) is 60.8 Å². The lowest BCUT2D eigenvalue weighted by Gasteiger charge is -2.34. The Morgan fingerprint density at radius 3 is 2.59 bits per heavy atom. The minimum atomic E-state index is 0.000476. The van der Waals surface area contributed by atoms with Crippen LogP contribution in [0.3, 0.4) is 0 Å². The molecule has 1 aliphatic heterocycles. The van der Waals surface area contributed by atoms with E-state index in [4.69, 9.17) is 0 Å². The van der Waals surface area contributed by atoms with Gasteiger partial charge >= 0.3 is 0 Å². The SMILES string of the molecule is CC1(C)c2ccccc2-n2c3cccnc3c3cccc1c32. The van der Waals surface area contributed by atoms with Crippen LogP contribution in [-0.4, -0.2) is 9.55 Å². The summed E-state index contributed by atoms with van der Waals surface area (Å²) in [5.74, 6) is 0. The molecule has 1 aliphatic rings. The lowest BCUT2D eigenvalue weighted by atomic mass is 9.75. The lowest BCUT2D eigenvalue weighted by Crippen LogP contribution is -2.26. The molecule has 0 aliphatic carbocycles. The highest BCUT2D eigenvalue weighted by Crippen LogP contribution is 2.46. The summed E-state index contributed by atoms with van der Waals surface area (Å²) in [7, 11) is 0. The molecular formula is C20H16N2. The van der Waals surface area contributed by atoms with E-state index in [0.29, 0.717) is 0 Å². The Kier molecular flexibility index (Phi) is 2.06. The summed E-state index contributed by atoms with van der Waals surface area (Å²) in [5.41, 5.74) is 7.61. The first kappa shape index (κ1) is 12.0. The zero-order chi connectivity index (χ0) is 14.9. The number of fused-ring (bicyclic) bond motifs is 5. The maximum absolute atomic E-state index is 4.65. The van der Waals surface area contributed by atoms with Gasteiger partial charge in [0.2, 0.25) is 0 Å². The molecule has 0 fully saturated rings. The molecule has 4 aromatic rings. The van der Waals surface area contributed by atoms with E-state index >= 15 is 0 Å². The van der Waals surface area contributed by atoms with Crippen LogP contribution in [0.25, 0.3) is 27.6 Å². The maximum atomic E-state index is 4.65. The van der Waals surface area contributed by atoms with Crippen LogP contribution in [0.5, 0.6) is 0 Å². The fourth-order valence-electron chi connectivity index (χ4n) is 3.98. The zero-order valence-corrected chi connectivity index (χ0v) is 12.7. The number of para-hydroxylation sites is 2. The third kappa shape index (κ3) is 1.24. The van der Waals surface area contributed by atoms with E-state index in [1.165, 1.54) is 33.2 Å². The molecule has 0 amide bonds. The highest BCUT2D eigenvalue weighted by atomic mass is 15.0. The number of benzene rings is 2. The fraction of sp³-hybridized carbons (Fsp3) is 0.150. The number of hydrogen-bond acceptors (Lipinski definition) is 1. The Labute approximate surface area is 129 Å². The van der Waals surface area contributed by atoms with E-state index in [2.05, 4.69) is 71.9 Å².